The van der Waals surface area contributed by atoms with E-state index in [1.54, 1.807) is 18.2 Å². The summed E-state index contributed by atoms with van der Waals surface area (Å²) in [5, 5.41) is 14.2. The molecule has 0 radical (unpaired) electrons. The highest BCUT2D eigenvalue weighted by Crippen LogP contribution is 2.33. The summed E-state index contributed by atoms with van der Waals surface area (Å²) in [6.07, 6.45) is 0.493. The number of anilines is 1. The van der Waals surface area contributed by atoms with Crippen LogP contribution >= 0.6 is 23.2 Å². The molecule has 2 aliphatic rings. The number of likely N-dealkylation sites (tertiary alicyclic amines) is 1. The molecule has 164 valence electrons. The first-order valence-corrected chi connectivity index (χ1v) is 10.4. The number of hydrogen-bond donors (Lipinski definition) is 2. The number of nitrogens with zero attached hydrogens (tertiary/aromatic N) is 1. The zero-order valence-electron chi connectivity index (χ0n) is 16.3. The molecule has 2 aliphatic heterocycles. The highest BCUT2D eigenvalue weighted by atomic mass is 35.5. The van der Waals surface area contributed by atoms with Crippen LogP contribution in [0.3, 0.4) is 0 Å². The molecule has 2 heterocycles. The third-order valence-corrected chi connectivity index (χ3v) is 5.83. The number of halogens is 3. The fourth-order valence-corrected chi connectivity index (χ4v) is 3.97. The van der Waals surface area contributed by atoms with Crippen LogP contribution in [0.4, 0.5) is 10.1 Å². The zero-order valence-corrected chi connectivity index (χ0v) is 17.8. The smallest absolute Gasteiger partial charge is 0.262 e. The number of benzene rings is 2. The molecule has 2 amide bonds. The number of amides is 2. The second kappa shape index (κ2) is 8.53. The average Bonchev–Trinajstić information content (AvgIpc) is 2.73. The molecule has 0 bridgehead atoms. The van der Waals surface area contributed by atoms with E-state index in [1.165, 1.54) is 11.0 Å². The summed E-state index contributed by atoms with van der Waals surface area (Å²) in [7, 11) is 0. The lowest BCUT2D eigenvalue weighted by molar-refractivity contribution is -0.118. The number of ether oxygens (including phenoxy) is 2. The van der Waals surface area contributed by atoms with Gasteiger partial charge in [-0.25, -0.2) is 4.39 Å². The van der Waals surface area contributed by atoms with E-state index in [2.05, 4.69) is 5.32 Å². The third kappa shape index (κ3) is 4.71. The lowest BCUT2D eigenvalue weighted by Gasteiger charge is -2.38. The summed E-state index contributed by atoms with van der Waals surface area (Å²) in [5.41, 5.74) is -1.07. The fourth-order valence-electron chi connectivity index (χ4n) is 3.51. The van der Waals surface area contributed by atoms with E-state index in [9.17, 15) is 19.1 Å². The molecule has 0 aliphatic carbocycles. The van der Waals surface area contributed by atoms with Gasteiger partial charge in [-0.05, 0) is 37.1 Å². The van der Waals surface area contributed by atoms with Crippen LogP contribution in [0.2, 0.25) is 10.0 Å². The van der Waals surface area contributed by atoms with Crippen LogP contribution in [-0.2, 0) is 4.79 Å². The Hall–Kier alpha value is -2.55. The first-order chi connectivity index (χ1) is 14.7. The van der Waals surface area contributed by atoms with Crippen molar-refractivity contribution in [1.82, 2.24) is 4.90 Å². The van der Waals surface area contributed by atoms with Gasteiger partial charge in [0.25, 0.3) is 11.8 Å². The van der Waals surface area contributed by atoms with Crippen LogP contribution in [-0.4, -0.2) is 53.7 Å². The van der Waals surface area contributed by atoms with Crippen LogP contribution < -0.4 is 14.8 Å². The molecule has 2 N–H and O–H groups in total. The first-order valence-electron chi connectivity index (χ1n) is 9.60. The summed E-state index contributed by atoms with van der Waals surface area (Å²) in [4.78, 5) is 25.8. The molecule has 0 atom stereocenters. The van der Waals surface area contributed by atoms with Gasteiger partial charge < -0.3 is 24.8 Å². The SMILES string of the molecule is O=C1COc2cc(F)c(C(=O)N3CCC(O)(COc4ccc(Cl)cc4Cl)CC3)cc2N1. The van der Waals surface area contributed by atoms with Crippen molar-refractivity contribution in [3.8, 4) is 11.5 Å². The molecule has 0 spiro atoms. The fraction of sp³-hybridized carbons (Fsp3) is 0.333. The van der Waals surface area contributed by atoms with Crippen molar-refractivity contribution in [2.24, 2.45) is 0 Å². The number of piperidine rings is 1. The quantitative estimate of drug-likeness (QED) is 0.716. The Kier molecular flexibility index (Phi) is 5.96. The Morgan fingerprint density at radius 2 is 2.00 bits per heavy atom. The van der Waals surface area contributed by atoms with E-state index in [1.807, 2.05) is 0 Å². The van der Waals surface area contributed by atoms with Crippen molar-refractivity contribution in [2.45, 2.75) is 18.4 Å². The highest BCUT2D eigenvalue weighted by molar-refractivity contribution is 6.35. The topological polar surface area (TPSA) is 88.1 Å². The number of fused-ring (bicyclic) bond motifs is 1. The average molecular weight is 469 g/mol. The van der Waals surface area contributed by atoms with Gasteiger partial charge in [-0.1, -0.05) is 23.2 Å². The van der Waals surface area contributed by atoms with E-state index in [4.69, 9.17) is 32.7 Å². The van der Waals surface area contributed by atoms with Crippen LogP contribution in [0.25, 0.3) is 0 Å². The third-order valence-electron chi connectivity index (χ3n) is 5.30. The maximum atomic E-state index is 14.5. The molecule has 1 fully saturated rings. The number of hydrogen-bond acceptors (Lipinski definition) is 5. The van der Waals surface area contributed by atoms with E-state index >= 15 is 0 Å². The van der Waals surface area contributed by atoms with Crippen molar-refractivity contribution < 1.29 is 28.6 Å². The predicted molar refractivity (Wildman–Crippen MR) is 113 cm³/mol. The molecule has 0 aromatic heterocycles. The van der Waals surface area contributed by atoms with Gasteiger partial charge in [0.1, 0.15) is 29.5 Å². The summed E-state index contributed by atoms with van der Waals surface area (Å²) in [5.74, 6) is -1.05. The van der Waals surface area contributed by atoms with Gasteiger partial charge in [0.05, 0.1) is 16.3 Å². The standard InChI is InChI=1S/C21H19Cl2FN2O5/c22-12-1-2-17(14(23)7-12)31-11-21(29)3-5-26(6-4-21)20(28)13-8-16-18(9-15(13)24)30-10-19(27)25-16/h1-2,7-9,29H,3-6,10-11H2,(H,25,27). The lowest BCUT2D eigenvalue weighted by Crippen LogP contribution is -2.49. The summed E-state index contributed by atoms with van der Waals surface area (Å²) < 4.78 is 25.3. The van der Waals surface area contributed by atoms with Gasteiger partial charge in [-0.15, -0.1) is 0 Å². The Morgan fingerprint density at radius 3 is 2.71 bits per heavy atom. The monoisotopic (exact) mass is 468 g/mol. The normalized spacial score (nSPS) is 17.4. The molecule has 7 nitrogen and oxygen atoms in total. The van der Waals surface area contributed by atoms with E-state index in [0.717, 1.165) is 6.07 Å². The minimum absolute atomic E-state index is 0.00698. The van der Waals surface area contributed by atoms with Crippen molar-refractivity contribution in [3.63, 3.8) is 0 Å². The number of aliphatic hydroxyl groups is 1. The van der Waals surface area contributed by atoms with E-state index in [-0.39, 0.29) is 62.1 Å². The molecular weight excluding hydrogens is 450 g/mol. The molecule has 2 aromatic carbocycles. The van der Waals surface area contributed by atoms with Gasteiger partial charge in [0.2, 0.25) is 0 Å². The van der Waals surface area contributed by atoms with Crippen molar-refractivity contribution in [2.75, 3.05) is 31.6 Å². The minimum Gasteiger partial charge on any atom is -0.489 e. The highest BCUT2D eigenvalue weighted by Gasteiger charge is 2.36. The number of carbonyl (C=O) groups is 2. The summed E-state index contributed by atoms with van der Waals surface area (Å²) in [6, 6.07) is 7.16. The number of nitrogens with one attached hydrogen (secondary N) is 1. The van der Waals surface area contributed by atoms with Gasteiger partial charge in [-0.2, -0.15) is 0 Å². The Balaban J connectivity index is 1.39. The summed E-state index contributed by atoms with van der Waals surface area (Å²) >= 11 is 12.0. The Bertz CT molecular complexity index is 1040. The molecule has 2 aromatic rings. The Labute approximate surface area is 187 Å². The van der Waals surface area contributed by atoms with Gasteiger partial charge in [0.15, 0.2) is 6.61 Å². The Morgan fingerprint density at radius 1 is 1.26 bits per heavy atom. The van der Waals surface area contributed by atoms with Crippen molar-refractivity contribution >= 4 is 40.7 Å². The maximum absolute atomic E-state index is 14.5. The maximum Gasteiger partial charge on any atom is 0.262 e. The zero-order chi connectivity index (χ0) is 22.2. The van der Waals surface area contributed by atoms with Crippen LogP contribution in [0.5, 0.6) is 11.5 Å². The number of rotatable bonds is 4. The van der Waals surface area contributed by atoms with Crippen molar-refractivity contribution in [1.29, 1.82) is 0 Å². The predicted octanol–water partition coefficient (Wildman–Crippen LogP) is 3.51. The molecule has 0 saturated carbocycles. The van der Waals surface area contributed by atoms with E-state index < -0.39 is 17.3 Å². The molecule has 10 heteroatoms. The molecule has 31 heavy (non-hydrogen) atoms. The second-order valence-electron chi connectivity index (χ2n) is 7.55. The molecular formula is C21H19Cl2FN2O5. The van der Waals surface area contributed by atoms with Gasteiger partial charge in [0, 0.05) is 24.2 Å². The van der Waals surface area contributed by atoms with Crippen molar-refractivity contribution in [3.05, 3.63) is 51.8 Å². The first kappa shape index (κ1) is 21.7. The van der Waals surface area contributed by atoms with Crippen LogP contribution in [0.15, 0.2) is 30.3 Å². The second-order valence-corrected chi connectivity index (χ2v) is 8.39. The number of carbonyl (C=O) groups excluding carboxylic acids is 2. The molecule has 1 saturated heterocycles. The van der Waals surface area contributed by atoms with Crippen LogP contribution in [0.1, 0.15) is 23.2 Å². The summed E-state index contributed by atoms with van der Waals surface area (Å²) in [6.45, 7) is 0.222. The molecule has 0 unspecified atom stereocenters. The van der Waals surface area contributed by atoms with Gasteiger partial charge in [-0.3, -0.25) is 9.59 Å². The minimum atomic E-state index is -1.16. The lowest BCUT2D eigenvalue weighted by atomic mass is 9.92. The van der Waals surface area contributed by atoms with Gasteiger partial charge >= 0.3 is 0 Å². The molecule has 4 rings (SSSR count). The van der Waals surface area contributed by atoms with Crippen LogP contribution in [0, 0.1) is 5.82 Å². The van der Waals surface area contributed by atoms with E-state index in [0.29, 0.717) is 15.8 Å². The largest absolute Gasteiger partial charge is 0.489 e.